The van der Waals surface area contributed by atoms with Crippen molar-refractivity contribution in [1.29, 1.82) is 0 Å². The van der Waals surface area contributed by atoms with Gasteiger partial charge in [-0.05, 0) is 86.7 Å². The van der Waals surface area contributed by atoms with Crippen LogP contribution in [-0.4, -0.2) is 19.5 Å². The molecular weight excluding hydrogens is 659 g/mol. The predicted molar refractivity (Wildman–Crippen MR) is 225 cm³/mol. The largest absolute Gasteiger partial charge is 0.507 e. The minimum absolute atomic E-state index is 0.0425. The van der Waals surface area contributed by atoms with Crippen molar-refractivity contribution in [3.8, 4) is 73.0 Å². The van der Waals surface area contributed by atoms with E-state index >= 15 is 0 Å². The normalized spacial score (nSPS) is 12.0. The number of hydrogen-bond acceptors (Lipinski definition) is 3. The van der Waals surface area contributed by atoms with E-state index in [0.717, 1.165) is 61.7 Å². The third kappa shape index (κ3) is 6.83. The number of aromatic nitrogens is 3. The van der Waals surface area contributed by atoms with Crippen LogP contribution in [0.4, 0.5) is 0 Å². The lowest BCUT2D eigenvalue weighted by atomic mass is 9.79. The number of benzene rings is 5. The van der Waals surface area contributed by atoms with Crippen molar-refractivity contribution in [1.82, 2.24) is 14.4 Å². The van der Waals surface area contributed by atoms with E-state index in [1.165, 1.54) is 11.1 Å². The standard InChI is InChI=1S/C50H45N3O/c1-49(2,3)40-27-38(28-41(32-40)50(4,5)6)39-29-43(51-44(30-39)42-24-23-35(31-45(42)54)33-16-9-7-10-17-33)36-20-15-21-37(26-36)47-48(34-18-11-8-12-19-34)53-25-14-13-22-46(53)52-47/h7-32,54H,1-6H3. The molecule has 1 N–H and O–H groups in total. The fourth-order valence-corrected chi connectivity index (χ4v) is 7.10. The van der Waals surface area contributed by atoms with Gasteiger partial charge in [-0.1, -0.05) is 151 Å². The molecule has 0 aliphatic rings. The van der Waals surface area contributed by atoms with Gasteiger partial charge in [0.25, 0.3) is 0 Å². The molecule has 0 aliphatic carbocycles. The van der Waals surface area contributed by atoms with Gasteiger partial charge in [0.05, 0.1) is 22.8 Å². The maximum atomic E-state index is 11.6. The summed E-state index contributed by atoms with van der Waals surface area (Å²) in [5, 5.41) is 11.6. The number of imidazole rings is 1. The molecule has 4 heteroatoms. The zero-order valence-electron chi connectivity index (χ0n) is 31.8. The van der Waals surface area contributed by atoms with Crippen LogP contribution in [0, 0.1) is 0 Å². The maximum Gasteiger partial charge on any atom is 0.137 e. The van der Waals surface area contributed by atoms with E-state index in [2.05, 4.69) is 149 Å². The lowest BCUT2D eigenvalue weighted by molar-refractivity contribution is 0.477. The van der Waals surface area contributed by atoms with Crippen LogP contribution in [0.15, 0.2) is 158 Å². The van der Waals surface area contributed by atoms with E-state index in [0.29, 0.717) is 11.3 Å². The lowest BCUT2D eigenvalue weighted by Gasteiger charge is -2.26. The Morgan fingerprint density at radius 1 is 0.444 bits per heavy atom. The Morgan fingerprint density at radius 3 is 1.70 bits per heavy atom. The van der Waals surface area contributed by atoms with Crippen molar-refractivity contribution in [3.63, 3.8) is 0 Å². The van der Waals surface area contributed by atoms with Crippen LogP contribution >= 0.6 is 0 Å². The molecule has 0 saturated heterocycles. The summed E-state index contributed by atoms with van der Waals surface area (Å²) in [6, 6.07) is 52.4. The molecule has 0 spiro atoms. The molecule has 0 amide bonds. The van der Waals surface area contributed by atoms with Crippen LogP contribution in [0.5, 0.6) is 5.75 Å². The third-order valence-electron chi connectivity index (χ3n) is 10.2. The van der Waals surface area contributed by atoms with Crippen LogP contribution in [0.2, 0.25) is 0 Å². The number of fused-ring (bicyclic) bond motifs is 1. The van der Waals surface area contributed by atoms with Gasteiger partial charge < -0.3 is 5.11 Å². The van der Waals surface area contributed by atoms with E-state index in [9.17, 15) is 5.11 Å². The monoisotopic (exact) mass is 703 g/mol. The molecule has 8 rings (SSSR count). The highest BCUT2D eigenvalue weighted by molar-refractivity contribution is 5.85. The van der Waals surface area contributed by atoms with Crippen LogP contribution in [0.1, 0.15) is 52.7 Å². The molecule has 8 aromatic rings. The molecule has 3 heterocycles. The highest BCUT2D eigenvalue weighted by atomic mass is 16.3. The van der Waals surface area contributed by atoms with Crippen molar-refractivity contribution in [2.75, 3.05) is 0 Å². The van der Waals surface area contributed by atoms with Gasteiger partial charge in [0.2, 0.25) is 0 Å². The molecule has 3 aromatic heterocycles. The quantitative estimate of drug-likeness (QED) is 0.188. The molecule has 0 radical (unpaired) electrons. The maximum absolute atomic E-state index is 11.6. The number of phenols is 1. The molecule has 266 valence electrons. The van der Waals surface area contributed by atoms with Gasteiger partial charge in [-0.3, -0.25) is 4.40 Å². The molecule has 5 aromatic carbocycles. The number of rotatable bonds is 6. The van der Waals surface area contributed by atoms with E-state index < -0.39 is 0 Å². The molecule has 0 saturated carbocycles. The fourth-order valence-electron chi connectivity index (χ4n) is 7.10. The first-order valence-corrected chi connectivity index (χ1v) is 18.6. The zero-order valence-corrected chi connectivity index (χ0v) is 31.8. The van der Waals surface area contributed by atoms with Crippen LogP contribution < -0.4 is 0 Å². The summed E-state index contributed by atoms with van der Waals surface area (Å²) in [4.78, 5) is 10.4. The van der Waals surface area contributed by atoms with Crippen molar-refractivity contribution in [3.05, 3.63) is 169 Å². The Bertz CT molecular complexity index is 2590. The third-order valence-corrected chi connectivity index (χ3v) is 10.2. The minimum Gasteiger partial charge on any atom is -0.507 e. The second-order valence-electron chi connectivity index (χ2n) is 16.2. The van der Waals surface area contributed by atoms with Crippen LogP contribution in [-0.2, 0) is 10.8 Å². The fraction of sp³-hybridized carbons (Fsp3) is 0.160. The zero-order chi connectivity index (χ0) is 37.6. The first-order valence-electron chi connectivity index (χ1n) is 18.6. The van der Waals surface area contributed by atoms with Crippen molar-refractivity contribution < 1.29 is 5.11 Å². The molecule has 0 aliphatic heterocycles. The van der Waals surface area contributed by atoms with E-state index in [4.69, 9.17) is 9.97 Å². The van der Waals surface area contributed by atoms with Crippen molar-refractivity contribution >= 4 is 5.65 Å². The highest BCUT2D eigenvalue weighted by Gasteiger charge is 2.23. The Labute approximate surface area is 318 Å². The molecule has 0 bridgehead atoms. The minimum atomic E-state index is -0.0425. The summed E-state index contributed by atoms with van der Waals surface area (Å²) < 4.78 is 2.16. The van der Waals surface area contributed by atoms with Gasteiger partial charge in [0.1, 0.15) is 11.4 Å². The summed E-state index contributed by atoms with van der Waals surface area (Å²) in [5.74, 6) is 0.191. The second kappa shape index (κ2) is 13.6. The SMILES string of the molecule is CC(C)(C)c1cc(-c2cc(-c3cccc(-c4nc5ccccn5c4-c4ccccc4)c3)nc(-c3ccc(-c4ccccc4)cc3O)c2)cc(C(C)(C)C)c1. The summed E-state index contributed by atoms with van der Waals surface area (Å²) in [6.45, 7) is 13.6. The van der Waals surface area contributed by atoms with E-state index in [1.807, 2.05) is 54.6 Å². The number of hydrogen-bond donors (Lipinski definition) is 1. The van der Waals surface area contributed by atoms with E-state index in [-0.39, 0.29) is 16.6 Å². The average Bonchev–Trinajstić information content (AvgIpc) is 3.57. The topological polar surface area (TPSA) is 50.4 Å². The van der Waals surface area contributed by atoms with Crippen LogP contribution in [0.3, 0.4) is 0 Å². The Balaban J connectivity index is 1.33. The van der Waals surface area contributed by atoms with Crippen LogP contribution in [0.25, 0.3) is 72.9 Å². The highest BCUT2D eigenvalue weighted by Crippen LogP contribution is 2.40. The molecule has 0 atom stereocenters. The van der Waals surface area contributed by atoms with Gasteiger partial charge in [-0.2, -0.15) is 0 Å². The lowest BCUT2D eigenvalue weighted by Crippen LogP contribution is -2.16. The number of pyridine rings is 2. The first-order chi connectivity index (χ1) is 25.9. The predicted octanol–water partition coefficient (Wildman–Crippen LogP) is 13.0. The van der Waals surface area contributed by atoms with Gasteiger partial charge in [0, 0.05) is 28.5 Å². The molecular formula is C50H45N3O. The summed E-state index contributed by atoms with van der Waals surface area (Å²) in [6.07, 6.45) is 2.07. The Kier molecular flexibility index (Phi) is 8.78. The second-order valence-corrected chi connectivity index (χ2v) is 16.2. The number of nitrogens with zero attached hydrogens (tertiary/aromatic N) is 3. The summed E-state index contributed by atoms with van der Waals surface area (Å²) in [5.41, 5.74) is 14.8. The number of phenolic OH excluding ortho intramolecular Hbond substituents is 1. The molecule has 0 unspecified atom stereocenters. The van der Waals surface area contributed by atoms with Gasteiger partial charge in [-0.25, -0.2) is 9.97 Å². The van der Waals surface area contributed by atoms with Gasteiger partial charge in [-0.15, -0.1) is 0 Å². The number of aromatic hydroxyl groups is 1. The molecule has 4 nitrogen and oxygen atoms in total. The van der Waals surface area contributed by atoms with Gasteiger partial charge in [0.15, 0.2) is 0 Å². The average molecular weight is 704 g/mol. The van der Waals surface area contributed by atoms with Crippen molar-refractivity contribution in [2.45, 2.75) is 52.4 Å². The Morgan fingerprint density at radius 2 is 1.04 bits per heavy atom. The Hall–Kier alpha value is -6.26. The molecule has 54 heavy (non-hydrogen) atoms. The summed E-state index contributed by atoms with van der Waals surface area (Å²) in [7, 11) is 0. The summed E-state index contributed by atoms with van der Waals surface area (Å²) >= 11 is 0. The smallest absolute Gasteiger partial charge is 0.137 e. The van der Waals surface area contributed by atoms with Gasteiger partial charge >= 0.3 is 0 Å². The van der Waals surface area contributed by atoms with Crippen molar-refractivity contribution in [2.24, 2.45) is 0 Å². The van der Waals surface area contributed by atoms with E-state index in [1.54, 1.807) is 0 Å². The molecule has 0 fully saturated rings. The first kappa shape index (κ1) is 34.8.